The molecule has 152 valence electrons. The van der Waals surface area contributed by atoms with Crippen molar-refractivity contribution >= 4 is 27.0 Å². The van der Waals surface area contributed by atoms with Crippen molar-refractivity contribution in [1.29, 1.82) is 0 Å². The molecule has 1 aliphatic rings. The summed E-state index contributed by atoms with van der Waals surface area (Å²) in [6.07, 6.45) is 2.45. The summed E-state index contributed by atoms with van der Waals surface area (Å²) in [5.41, 5.74) is 4.70. The Balaban J connectivity index is 1.66. The van der Waals surface area contributed by atoms with Crippen LogP contribution in [0.2, 0.25) is 0 Å². The summed E-state index contributed by atoms with van der Waals surface area (Å²) in [6.45, 7) is 2.29. The van der Waals surface area contributed by atoms with Gasteiger partial charge in [-0.15, -0.1) is 0 Å². The number of piperidine rings is 1. The predicted molar refractivity (Wildman–Crippen MR) is 112 cm³/mol. The second-order valence-corrected chi connectivity index (χ2v) is 9.55. The maximum absolute atomic E-state index is 13.5. The Morgan fingerprint density at radius 3 is 2.41 bits per heavy atom. The third kappa shape index (κ3) is 3.54. The normalized spacial score (nSPS) is 17.3. The number of carbonyl (C=O) groups is 1. The zero-order chi connectivity index (χ0) is 20.5. The molecule has 1 amide bonds. The highest BCUT2D eigenvalue weighted by atomic mass is 32.2. The van der Waals surface area contributed by atoms with Gasteiger partial charge in [-0.05, 0) is 37.5 Å². The van der Waals surface area contributed by atoms with Gasteiger partial charge in [-0.25, -0.2) is 22.4 Å². The summed E-state index contributed by atoms with van der Waals surface area (Å²) >= 11 is 0. The smallest absolute Gasteiger partial charge is 0.249 e. The molecule has 0 unspecified atom stereocenters. The lowest BCUT2D eigenvalue weighted by Crippen LogP contribution is -2.52. The van der Waals surface area contributed by atoms with Crippen LogP contribution in [0.4, 0.5) is 0 Å². The Morgan fingerprint density at radius 1 is 1.07 bits per heavy atom. The van der Waals surface area contributed by atoms with E-state index in [0.717, 1.165) is 16.6 Å². The van der Waals surface area contributed by atoms with Gasteiger partial charge in [0, 0.05) is 13.1 Å². The van der Waals surface area contributed by atoms with Crippen LogP contribution in [-0.2, 0) is 20.2 Å². The molecule has 4 rings (SSSR count). The maximum Gasteiger partial charge on any atom is 0.249 e. The molecule has 7 nitrogen and oxygen atoms in total. The van der Waals surface area contributed by atoms with E-state index in [2.05, 4.69) is 10.4 Å². The fraction of sp³-hybridized carbons (Fsp3) is 0.333. The molecular formula is C21H24N4O3S. The van der Waals surface area contributed by atoms with Gasteiger partial charge < -0.3 is 0 Å². The Labute approximate surface area is 170 Å². The van der Waals surface area contributed by atoms with Gasteiger partial charge in [0.25, 0.3) is 0 Å². The van der Waals surface area contributed by atoms with Crippen LogP contribution in [-0.4, -0.2) is 47.1 Å². The third-order valence-electron chi connectivity index (χ3n) is 5.77. The molecule has 3 aromatic rings. The summed E-state index contributed by atoms with van der Waals surface area (Å²) in [6, 6.07) is 17.2. The molecule has 1 aliphatic heterocycles. The number of hydrogen-bond acceptors (Lipinski definition) is 4. The van der Waals surface area contributed by atoms with Crippen molar-refractivity contribution in [2.24, 2.45) is 0 Å². The first-order valence-electron chi connectivity index (χ1n) is 9.73. The van der Waals surface area contributed by atoms with Gasteiger partial charge in [0.05, 0.1) is 22.2 Å². The SMILES string of the molecule is CCS(=O)(=O)N1CCC(C(=O)Nn2cnc3ccccc32)(c2ccccc2)CC1. The van der Waals surface area contributed by atoms with Crippen LogP contribution >= 0.6 is 0 Å². The molecule has 1 N–H and O–H groups in total. The van der Waals surface area contributed by atoms with E-state index in [0.29, 0.717) is 25.9 Å². The Morgan fingerprint density at radius 2 is 1.72 bits per heavy atom. The number of sulfonamides is 1. The second-order valence-electron chi connectivity index (χ2n) is 7.29. The zero-order valence-corrected chi connectivity index (χ0v) is 17.1. The van der Waals surface area contributed by atoms with Crippen LogP contribution < -0.4 is 5.43 Å². The van der Waals surface area contributed by atoms with E-state index in [1.54, 1.807) is 17.9 Å². The number of nitrogens with one attached hydrogen (secondary N) is 1. The average Bonchev–Trinajstić information content (AvgIpc) is 3.17. The zero-order valence-electron chi connectivity index (χ0n) is 16.3. The van der Waals surface area contributed by atoms with Crippen LogP contribution in [0.3, 0.4) is 0 Å². The first-order chi connectivity index (χ1) is 14.0. The summed E-state index contributed by atoms with van der Waals surface area (Å²) < 4.78 is 27.7. The summed E-state index contributed by atoms with van der Waals surface area (Å²) in [5, 5.41) is 0. The Hall–Kier alpha value is -2.71. The lowest BCUT2D eigenvalue weighted by molar-refractivity contribution is -0.124. The third-order valence-corrected chi connectivity index (χ3v) is 7.65. The number of amides is 1. The number of imidazole rings is 1. The predicted octanol–water partition coefficient (Wildman–Crippen LogP) is 2.49. The number of benzene rings is 2. The van der Waals surface area contributed by atoms with Gasteiger partial charge in [-0.1, -0.05) is 42.5 Å². The molecule has 29 heavy (non-hydrogen) atoms. The molecule has 0 spiro atoms. The molecule has 2 heterocycles. The minimum Gasteiger partial charge on any atom is -0.272 e. The molecule has 1 aromatic heterocycles. The molecule has 0 radical (unpaired) electrons. The first-order valence-corrected chi connectivity index (χ1v) is 11.3. The number of carbonyl (C=O) groups excluding carboxylic acids is 1. The number of rotatable bonds is 5. The van der Waals surface area contributed by atoms with E-state index in [9.17, 15) is 13.2 Å². The Bertz CT molecular complexity index is 1120. The Kier molecular flexibility index (Phi) is 5.14. The number of fused-ring (bicyclic) bond motifs is 1. The molecule has 1 saturated heterocycles. The molecule has 0 aliphatic carbocycles. The van der Waals surface area contributed by atoms with Gasteiger partial charge in [0.15, 0.2) is 0 Å². The second kappa shape index (κ2) is 7.61. The first kappa shape index (κ1) is 19.6. The topological polar surface area (TPSA) is 84.3 Å². The standard InChI is InChI=1S/C21H24N4O3S/c1-2-29(27,28)24-14-12-21(13-15-24,17-8-4-3-5-9-17)20(26)23-25-16-22-18-10-6-7-11-19(18)25/h3-11,16H,2,12-15H2,1H3,(H,23,26). The number of hydrogen-bond donors (Lipinski definition) is 1. The largest absolute Gasteiger partial charge is 0.272 e. The van der Waals surface area contributed by atoms with E-state index in [-0.39, 0.29) is 11.7 Å². The lowest BCUT2D eigenvalue weighted by atomic mass is 9.72. The van der Waals surface area contributed by atoms with Crippen molar-refractivity contribution in [2.75, 3.05) is 24.3 Å². The minimum atomic E-state index is -3.27. The lowest BCUT2D eigenvalue weighted by Gasteiger charge is -2.40. The maximum atomic E-state index is 13.5. The molecule has 2 aromatic carbocycles. The van der Waals surface area contributed by atoms with Gasteiger partial charge >= 0.3 is 0 Å². The fourth-order valence-electron chi connectivity index (χ4n) is 4.00. The number of para-hydroxylation sites is 2. The van der Waals surface area contributed by atoms with E-state index >= 15 is 0 Å². The molecule has 0 atom stereocenters. The van der Waals surface area contributed by atoms with E-state index in [4.69, 9.17) is 0 Å². The molecule has 0 bridgehead atoms. The van der Waals surface area contributed by atoms with Crippen LogP contribution in [0.1, 0.15) is 25.3 Å². The van der Waals surface area contributed by atoms with Crippen molar-refractivity contribution in [1.82, 2.24) is 14.0 Å². The molecule has 0 saturated carbocycles. The minimum absolute atomic E-state index is 0.0680. The van der Waals surface area contributed by atoms with Gasteiger partial charge in [-0.3, -0.25) is 10.2 Å². The quantitative estimate of drug-likeness (QED) is 0.698. The van der Waals surface area contributed by atoms with Crippen molar-refractivity contribution in [3.63, 3.8) is 0 Å². The molecular weight excluding hydrogens is 388 g/mol. The van der Waals surface area contributed by atoms with Crippen LogP contribution in [0.5, 0.6) is 0 Å². The van der Waals surface area contributed by atoms with Crippen molar-refractivity contribution in [3.05, 3.63) is 66.5 Å². The van der Waals surface area contributed by atoms with Crippen molar-refractivity contribution < 1.29 is 13.2 Å². The summed E-state index contributed by atoms with van der Waals surface area (Å²) in [5.74, 6) is -0.0844. The average molecular weight is 413 g/mol. The van der Waals surface area contributed by atoms with E-state index in [1.165, 1.54) is 4.31 Å². The van der Waals surface area contributed by atoms with E-state index in [1.807, 2.05) is 54.6 Å². The highest BCUT2D eigenvalue weighted by molar-refractivity contribution is 7.89. The van der Waals surface area contributed by atoms with E-state index < -0.39 is 15.4 Å². The summed E-state index contributed by atoms with van der Waals surface area (Å²) in [4.78, 5) is 17.9. The summed E-state index contributed by atoms with van der Waals surface area (Å²) in [7, 11) is -3.27. The monoisotopic (exact) mass is 412 g/mol. The van der Waals surface area contributed by atoms with Gasteiger partial charge in [-0.2, -0.15) is 0 Å². The fourth-order valence-corrected chi connectivity index (χ4v) is 5.10. The van der Waals surface area contributed by atoms with Gasteiger partial charge in [0.1, 0.15) is 6.33 Å². The van der Waals surface area contributed by atoms with Crippen LogP contribution in [0.25, 0.3) is 11.0 Å². The van der Waals surface area contributed by atoms with Crippen molar-refractivity contribution in [3.8, 4) is 0 Å². The number of nitrogens with zero attached hydrogens (tertiary/aromatic N) is 3. The highest BCUT2D eigenvalue weighted by Gasteiger charge is 2.45. The van der Waals surface area contributed by atoms with Crippen LogP contribution in [0.15, 0.2) is 60.9 Å². The molecule has 8 heteroatoms. The van der Waals surface area contributed by atoms with Crippen LogP contribution in [0, 0.1) is 0 Å². The molecule has 1 fully saturated rings. The number of aromatic nitrogens is 2. The van der Waals surface area contributed by atoms with Gasteiger partial charge in [0.2, 0.25) is 15.9 Å². The van der Waals surface area contributed by atoms with Crippen molar-refractivity contribution in [2.45, 2.75) is 25.2 Å². The highest BCUT2D eigenvalue weighted by Crippen LogP contribution is 2.37.